The summed E-state index contributed by atoms with van der Waals surface area (Å²) in [5, 5.41) is 17.4. The van der Waals surface area contributed by atoms with Crippen LogP contribution in [-0.4, -0.2) is 76.3 Å². The molecule has 0 spiro atoms. The number of hydrogen-bond acceptors (Lipinski definition) is 8. The zero-order valence-electron chi connectivity index (χ0n) is 21.9. The number of rotatable bonds is 17. The first-order chi connectivity index (χ1) is 18.9. The minimum absolute atomic E-state index is 0.0629. The summed E-state index contributed by atoms with van der Waals surface area (Å²) in [5.74, 6) is -5.73. The van der Waals surface area contributed by atoms with Gasteiger partial charge in [-0.15, -0.1) is 0 Å². The van der Waals surface area contributed by atoms with Gasteiger partial charge in [0.05, 0.1) is 18.9 Å². The number of aromatic amines is 1. The van der Waals surface area contributed by atoms with Crippen LogP contribution >= 0.6 is 0 Å². The number of benzene rings is 1. The molecule has 15 heteroatoms. The van der Waals surface area contributed by atoms with Crippen LogP contribution in [0.5, 0.6) is 0 Å². The van der Waals surface area contributed by atoms with Crippen molar-refractivity contribution in [3.8, 4) is 0 Å². The molecular weight excluding hydrogens is 524 g/mol. The van der Waals surface area contributed by atoms with Crippen molar-refractivity contribution < 1.29 is 33.9 Å². The SMILES string of the molecule is NCCCCC(NC(=O)C(CC(N)=O)NC(=O)C(Cc1c[nH]c2ccccc12)NC(=O)C(N)CC(N)=O)C(=O)O. The predicted octanol–water partition coefficient (Wildman–Crippen LogP) is -2.54. The standard InChI is InChI=1S/C25H36N8O7/c26-8-4-3-7-17(25(39)40)31-24(38)19(11-21(29)35)33-23(37)18(32-22(36)15(27)10-20(28)34)9-13-12-30-16-6-2-1-5-14(13)16/h1-2,5-6,12,15,17-19,30H,3-4,7-11,26-27H2,(H2,28,34)(H2,29,35)(H,31,38)(H,32,36)(H,33,37)(H,39,40). The molecule has 4 unspecified atom stereocenters. The van der Waals surface area contributed by atoms with E-state index in [0.717, 1.165) is 10.9 Å². The Labute approximate surface area is 229 Å². The Morgan fingerprint density at radius 2 is 1.43 bits per heavy atom. The molecule has 15 nitrogen and oxygen atoms in total. The summed E-state index contributed by atoms with van der Waals surface area (Å²) in [5.41, 5.74) is 23.0. The highest BCUT2D eigenvalue weighted by molar-refractivity contribution is 5.97. The number of aliphatic carboxylic acids is 1. The van der Waals surface area contributed by atoms with Crippen molar-refractivity contribution in [3.63, 3.8) is 0 Å². The number of carboxylic acids is 1. The molecule has 0 aliphatic rings. The summed E-state index contributed by atoms with van der Waals surface area (Å²) >= 11 is 0. The Hall–Kier alpha value is -4.50. The molecule has 1 aromatic heterocycles. The fourth-order valence-electron chi connectivity index (χ4n) is 4.02. The largest absolute Gasteiger partial charge is 0.480 e. The number of carbonyl (C=O) groups is 6. The van der Waals surface area contributed by atoms with Gasteiger partial charge in [0, 0.05) is 23.5 Å². The number of primary amides is 2. The Morgan fingerprint density at radius 3 is 2.05 bits per heavy atom. The van der Waals surface area contributed by atoms with Crippen molar-refractivity contribution in [1.29, 1.82) is 0 Å². The molecule has 2 aromatic rings. The first-order valence-corrected chi connectivity index (χ1v) is 12.6. The lowest BCUT2D eigenvalue weighted by molar-refractivity contribution is -0.142. The molecule has 0 aliphatic carbocycles. The number of unbranched alkanes of at least 4 members (excludes halogenated alkanes) is 1. The third-order valence-electron chi connectivity index (χ3n) is 6.09. The van der Waals surface area contributed by atoms with Crippen LogP contribution in [0.2, 0.25) is 0 Å². The molecule has 0 aliphatic heterocycles. The van der Waals surface area contributed by atoms with Crippen LogP contribution in [0.1, 0.15) is 37.7 Å². The van der Waals surface area contributed by atoms with Crippen LogP contribution in [0.3, 0.4) is 0 Å². The van der Waals surface area contributed by atoms with Gasteiger partial charge in [-0.1, -0.05) is 18.2 Å². The van der Waals surface area contributed by atoms with Gasteiger partial charge in [-0.25, -0.2) is 4.79 Å². The van der Waals surface area contributed by atoms with Crippen LogP contribution in [0.4, 0.5) is 0 Å². The summed E-state index contributed by atoms with van der Waals surface area (Å²) in [6.45, 7) is 0.341. The average Bonchev–Trinajstić information content (AvgIpc) is 3.29. The number of aromatic nitrogens is 1. The maximum atomic E-state index is 13.4. The molecular formula is C25H36N8O7. The lowest BCUT2D eigenvalue weighted by atomic mass is 10.0. The zero-order valence-corrected chi connectivity index (χ0v) is 21.9. The van der Waals surface area contributed by atoms with Crippen LogP contribution in [0.15, 0.2) is 30.5 Å². The van der Waals surface area contributed by atoms with Crippen LogP contribution in [0.25, 0.3) is 10.9 Å². The molecule has 13 N–H and O–H groups in total. The summed E-state index contributed by atoms with van der Waals surface area (Å²) in [6, 6.07) is 1.73. The molecule has 0 saturated heterocycles. The maximum Gasteiger partial charge on any atom is 0.326 e. The number of amides is 5. The number of nitrogens with one attached hydrogen (secondary N) is 4. The van der Waals surface area contributed by atoms with Crippen molar-refractivity contribution in [2.75, 3.05) is 6.54 Å². The van der Waals surface area contributed by atoms with Gasteiger partial charge in [-0.05, 0) is 37.4 Å². The van der Waals surface area contributed by atoms with Gasteiger partial charge in [-0.3, -0.25) is 24.0 Å². The second-order valence-electron chi connectivity index (χ2n) is 9.32. The van der Waals surface area contributed by atoms with E-state index in [1.54, 1.807) is 18.3 Å². The number of carbonyl (C=O) groups excluding carboxylic acids is 5. The summed E-state index contributed by atoms with van der Waals surface area (Å²) < 4.78 is 0. The van der Waals surface area contributed by atoms with Crippen LogP contribution < -0.4 is 38.9 Å². The fourth-order valence-corrected chi connectivity index (χ4v) is 4.02. The molecule has 1 heterocycles. The van der Waals surface area contributed by atoms with E-state index in [1.165, 1.54) is 0 Å². The Bertz CT molecular complexity index is 1230. The van der Waals surface area contributed by atoms with E-state index in [9.17, 15) is 33.9 Å². The Balaban J connectivity index is 2.28. The van der Waals surface area contributed by atoms with Gasteiger partial charge in [0.2, 0.25) is 29.5 Å². The molecule has 0 saturated carbocycles. The lowest BCUT2D eigenvalue weighted by Gasteiger charge is -2.24. The number of fused-ring (bicyclic) bond motifs is 1. The average molecular weight is 561 g/mol. The topological polar surface area (TPSA) is 279 Å². The summed E-state index contributed by atoms with van der Waals surface area (Å²) in [7, 11) is 0. The maximum absolute atomic E-state index is 13.4. The minimum Gasteiger partial charge on any atom is -0.480 e. The first-order valence-electron chi connectivity index (χ1n) is 12.6. The summed E-state index contributed by atoms with van der Waals surface area (Å²) in [4.78, 5) is 76.6. The van der Waals surface area contributed by atoms with Crippen molar-refractivity contribution in [2.24, 2.45) is 22.9 Å². The van der Waals surface area contributed by atoms with Crippen molar-refractivity contribution in [3.05, 3.63) is 36.0 Å². The second-order valence-corrected chi connectivity index (χ2v) is 9.32. The van der Waals surface area contributed by atoms with E-state index in [4.69, 9.17) is 22.9 Å². The fraction of sp³-hybridized carbons (Fsp3) is 0.440. The van der Waals surface area contributed by atoms with Gasteiger partial charge >= 0.3 is 5.97 Å². The molecule has 5 amide bonds. The number of para-hydroxylation sites is 1. The van der Waals surface area contributed by atoms with Crippen LogP contribution in [-0.2, 0) is 35.2 Å². The molecule has 0 fully saturated rings. The highest BCUT2D eigenvalue weighted by atomic mass is 16.4. The molecule has 0 radical (unpaired) electrons. The molecule has 4 atom stereocenters. The quantitative estimate of drug-likeness (QED) is 0.0920. The van der Waals surface area contributed by atoms with E-state index >= 15 is 0 Å². The van der Waals surface area contributed by atoms with Gasteiger partial charge < -0.3 is 49.0 Å². The van der Waals surface area contributed by atoms with E-state index in [0.29, 0.717) is 24.9 Å². The first kappa shape index (κ1) is 31.7. The monoisotopic (exact) mass is 560 g/mol. The molecule has 40 heavy (non-hydrogen) atoms. The Morgan fingerprint density at radius 1 is 0.825 bits per heavy atom. The van der Waals surface area contributed by atoms with E-state index in [-0.39, 0.29) is 12.8 Å². The van der Waals surface area contributed by atoms with Gasteiger partial charge in [0.15, 0.2) is 0 Å². The molecule has 1 aromatic carbocycles. The van der Waals surface area contributed by atoms with Crippen molar-refractivity contribution >= 4 is 46.4 Å². The number of nitrogens with two attached hydrogens (primary N) is 4. The van der Waals surface area contributed by atoms with Crippen LogP contribution in [0, 0.1) is 0 Å². The normalized spacial score (nSPS) is 13.9. The van der Waals surface area contributed by atoms with Gasteiger partial charge in [0.25, 0.3) is 0 Å². The van der Waals surface area contributed by atoms with Gasteiger partial charge in [-0.2, -0.15) is 0 Å². The predicted molar refractivity (Wildman–Crippen MR) is 144 cm³/mol. The Kier molecular flexibility index (Phi) is 12.0. The third-order valence-corrected chi connectivity index (χ3v) is 6.09. The van der Waals surface area contributed by atoms with E-state index < -0.39 is 72.5 Å². The molecule has 218 valence electrons. The summed E-state index contributed by atoms with van der Waals surface area (Å²) in [6.07, 6.45) is 1.51. The number of H-pyrrole nitrogens is 1. The zero-order chi connectivity index (χ0) is 29.8. The van der Waals surface area contributed by atoms with E-state index in [2.05, 4.69) is 20.9 Å². The highest BCUT2D eigenvalue weighted by Gasteiger charge is 2.32. The second kappa shape index (κ2) is 15.2. The lowest BCUT2D eigenvalue weighted by Crippen LogP contribution is -2.58. The molecule has 2 rings (SSSR count). The number of carboxylic acid groups (broad SMARTS) is 1. The van der Waals surface area contributed by atoms with E-state index in [1.807, 2.05) is 12.1 Å². The minimum atomic E-state index is -1.54. The van der Waals surface area contributed by atoms with Gasteiger partial charge in [0.1, 0.15) is 18.1 Å². The van der Waals surface area contributed by atoms with Crippen molar-refractivity contribution in [1.82, 2.24) is 20.9 Å². The van der Waals surface area contributed by atoms with Crippen molar-refractivity contribution in [2.45, 2.75) is 62.7 Å². The highest BCUT2D eigenvalue weighted by Crippen LogP contribution is 2.19. The molecule has 0 bridgehead atoms. The number of hydrogen-bond donors (Lipinski definition) is 9. The third kappa shape index (κ3) is 9.67. The smallest absolute Gasteiger partial charge is 0.326 e.